The lowest BCUT2D eigenvalue weighted by Gasteiger charge is -2.34. The predicted octanol–water partition coefficient (Wildman–Crippen LogP) is 2.18. The Kier molecular flexibility index (Phi) is 4.47. The van der Waals surface area contributed by atoms with Crippen molar-refractivity contribution < 1.29 is 13.6 Å². The van der Waals surface area contributed by atoms with Crippen molar-refractivity contribution in [3.8, 4) is 0 Å². The normalized spacial score (nSPS) is 19.2. The number of nitrogens with one attached hydrogen (secondary N) is 1. The fourth-order valence-corrected chi connectivity index (χ4v) is 2.48. The quantitative estimate of drug-likeness (QED) is 0.911. The summed E-state index contributed by atoms with van der Waals surface area (Å²) in [6, 6.07) is 3.16. The first-order valence-electron chi connectivity index (χ1n) is 6.60. The van der Waals surface area contributed by atoms with Crippen molar-refractivity contribution in [1.82, 2.24) is 10.2 Å². The van der Waals surface area contributed by atoms with Crippen LogP contribution >= 0.6 is 0 Å². The van der Waals surface area contributed by atoms with Gasteiger partial charge in [0.2, 0.25) is 0 Å². The number of carbonyl (C=O) groups excluding carboxylic acids is 1. The smallest absolute Gasteiger partial charge is 0.257 e. The molecular formula is C14H18F2N2O. The average Bonchev–Trinajstić information content (AvgIpc) is 2.40. The Labute approximate surface area is 111 Å². The molecule has 104 valence electrons. The molecule has 1 saturated heterocycles. The Hall–Kier alpha value is -1.49. The topological polar surface area (TPSA) is 32.3 Å². The van der Waals surface area contributed by atoms with E-state index < -0.39 is 11.6 Å². The number of benzene rings is 1. The van der Waals surface area contributed by atoms with E-state index in [-0.39, 0.29) is 17.5 Å². The minimum Gasteiger partial charge on any atom is -0.335 e. The average molecular weight is 268 g/mol. The van der Waals surface area contributed by atoms with Crippen LogP contribution in [-0.2, 0) is 0 Å². The van der Waals surface area contributed by atoms with E-state index >= 15 is 0 Å². The molecular weight excluding hydrogens is 250 g/mol. The van der Waals surface area contributed by atoms with Crippen LogP contribution in [0.4, 0.5) is 8.78 Å². The zero-order valence-corrected chi connectivity index (χ0v) is 11.0. The van der Waals surface area contributed by atoms with Gasteiger partial charge in [-0.2, -0.15) is 0 Å². The molecule has 5 heteroatoms. The van der Waals surface area contributed by atoms with Crippen molar-refractivity contribution in [3.05, 3.63) is 35.4 Å². The summed E-state index contributed by atoms with van der Waals surface area (Å²) in [5.41, 5.74) is -0.0613. The van der Waals surface area contributed by atoms with Gasteiger partial charge in [0.25, 0.3) is 5.91 Å². The van der Waals surface area contributed by atoms with Gasteiger partial charge in [0, 0.05) is 25.2 Å². The number of piperidine rings is 1. The third-order valence-electron chi connectivity index (χ3n) is 3.47. The minimum atomic E-state index is -0.799. The second kappa shape index (κ2) is 6.10. The second-order valence-electron chi connectivity index (χ2n) is 4.72. The maximum absolute atomic E-state index is 13.7. The van der Waals surface area contributed by atoms with Crippen molar-refractivity contribution in [1.29, 1.82) is 0 Å². The molecule has 0 radical (unpaired) electrons. The van der Waals surface area contributed by atoms with Gasteiger partial charge in [0.05, 0.1) is 5.56 Å². The van der Waals surface area contributed by atoms with Gasteiger partial charge < -0.3 is 10.2 Å². The van der Waals surface area contributed by atoms with Crippen LogP contribution in [-0.4, -0.2) is 36.5 Å². The van der Waals surface area contributed by atoms with E-state index in [0.717, 1.165) is 38.1 Å². The third-order valence-corrected chi connectivity index (χ3v) is 3.47. The molecule has 2 rings (SSSR count). The fraction of sp³-hybridized carbons (Fsp3) is 0.500. The Bertz CT molecular complexity index is 459. The van der Waals surface area contributed by atoms with Crippen LogP contribution in [0.2, 0.25) is 0 Å². The highest BCUT2D eigenvalue weighted by molar-refractivity contribution is 5.94. The van der Waals surface area contributed by atoms with Gasteiger partial charge in [0.1, 0.15) is 11.6 Å². The summed E-state index contributed by atoms with van der Waals surface area (Å²) in [5.74, 6) is -1.84. The number of likely N-dealkylation sites (N-methyl/N-ethyl adjacent to an activating group) is 1. The summed E-state index contributed by atoms with van der Waals surface area (Å²) in [4.78, 5) is 14.0. The largest absolute Gasteiger partial charge is 0.335 e. The van der Waals surface area contributed by atoms with Crippen molar-refractivity contribution >= 4 is 5.91 Å². The van der Waals surface area contributed by atoms with E-state index in [1.165, 1.54) is 6.07 Å². The molecule has 1 N–H and O–H groups in total. The highest BCUT2D eigenvalue weighted by atomic mass is 19.1. The number of hydrogen-bond donors (Lipinski definition) is 1. The lowest BCUT2D eigenvalue weighted by atomic mass is 10.0. The van der Waals surface area contributed by atoms with E-state index in [1.54, 1.807) is 4.90 Å². The van der Waals surface area contributed by atoms with Crippen LogP contribution in [0.3, 0.4) is 0 Å². The monoisotopic (exact) mass is 268 g/mol. The Morgan fingerprint density at radius 2 is 2.26 bits per heavy atom. The van der Waals surface area contributed by atoms with E-state index in [2.05, 4.69) is 5.32 Å². The maximum Gasteiger partial charge on any atom is 0.257 e. The molecule has 0 aliphatic carbocycles. The summed E-state index contributed by atoms with van der Waals surface area (Å²) in [6.07, 6.45) is 1.91. The molecule has 1 atom stereocenters. The number of hydrogen-bond acceptors (Lipinski definition) is 2. The number of nitrogens with zero attached hydrogens (tertiary/aromatic N) is 1. The van der Waals surface area contributed by atoms with Crippen LogP contribution in [0.25, 0.3) is 0 Å². The first-order valence-corrected chi connectivity index (χ1v) is 6.60. The molecule has 1 aliphatic rings. The predicted molar refractivity (Wildman–Crippen MR) is 69.0 cm³/mol. The Balaban J connectivity index is 2.19. The summed E-state index contributed by atoms with van der Waals surface area (Å²) < 4.78 is 26.5. The molecule has 3 nitrogen and oxygen atoms in total. The van der Waals surface area contributed by atoms with E-state index in [4.69, 9.17) is 0 Å². The van der Waals surface area contributed by atoms with E-state index in [1.807, 2.05) is 6.92 Å². The second-order valence-corrected chi connectivity index (χ2v) is 4.72. The minimum absolute atomic E-state index is 0.0613. The first kappa shape index (κ1) is 13.9. The molecule has 0 saturated carbocycles. The highest BCUT2D eigenvalue weighted by Crippen LogP contribution is 2.17. The van der Waals surface area contributed by atoms with Crippen LogP contribution in [0.1, 0.15) is 30.1 Å². The third kappa shape index (κ3) is 3.10. The molecule has 1 aromatic carbocycles. The van der Waals surface area contributed by atoms with E-state index in [9.17, 15) is 13.6 Å². The molecule has 1 unspecified atom stereocenters. The number of rotatable bonds is 3. The summed E-state index contributed by atoms with van der Waals surface area (Å²) in [7, 11) is 0. The van der Waals surface area contributed by atoms with Gasteiger partial charge in [-0.15, -0.1) is 0 Å². The molecule has 1 amide bonds. The molecule has 0 aromatic heterocycles. The van der Waals surface area contributed by atoms with Crippen molar-refractivity contribution in [3.63, 3.8) is 0 Å². The Morgan fingerprint density at radius 1 is 1.47 bits per heavy atom. The first-order chi connectivity index (χ1) is 9.13. The standard InChI is InChI=1S/C14H18F2N2O/c1-2-18(11-4-3-7-17-9-11)14(19)12-6-5-10(15)8-13(12)16/h5-6,8,11,17H,2-4,7,9H2,1H3. The lowest BCUT2D eigenvalue weighted by molar-refractivity contribution is 0.0657. The number of amides is 1. The Morgan fingerprint density at radius 3 is 2.84 bits per heavy atom. The van der Waals surface area contributed by atoms with Crippen molar-refractivity contribution in [2.45, 2.75) is 25.8 Å². The summed E-state index contributed by atoms with van der Waals surface area (Å²) >= 11 is 0. The van der Waals surface area contributed by atoms with E-state index in [0.29, 0.717) is 6.54 Å². The van der Waals surface area contributed by atoms with Gasteiger partial charge in [-0.3, -0.25) is 4.79 Å². The van der Waals surface area contributed by atoms with Crippen LogP contribution in [0.5, 0.6) is 0 Å². The zero-order chi connectivity index (χ0) is 13.8. The fourth-order valence-electron chi connectivity index (χ4n) is 2.48. The van der Waals surface area contributed by atoms with Crippen LogP contribution in [0, 0.1) is 11.6 Å². The van der Waals surface area contributed by atoms with Crippen LogP contribution in [0.15, 0.2) is 18.2 Å². The highest BCUT2D eigenvalue weighted by Gasteiger charge is 2.26. The maximum atomic E-state index is 13.7. The SMILES string of the molecule is CCN(C(=O)c1ccc(F)cc1F)C1CCCNC1. The molecule has 1 aromatic rings. The number of carbonyl (C=O) groups is 1. The number of halogens is 2. The molecule has 1 fully saturated rings. The van der Waals surface area contributed by atoms with Gasteiger partial charge in [-0.25, -0.2) is 8.78 Å². The summed E-state index contributed by atoms with van der Waals surface area (Å²) in [5, 5.41) is 3.23. The van der Waals surface area contributed by atoms with Gasteiger partial charge in [-0.1, -0.05) is 0 Å². The molecule has 0 spiro atoms. The van der Waals surface area contributed by atoms with Gasteiger partial charge >= 0.3 is 0 Å². The molecule has 1 heterocycles. The molecule has 19 heavy (non-hydrogen) atoms. The van der Waals surface area contributed by atoms with Gasteiger partial charge in [-0.05, 0) is 38.4 Å². The molecule has 1 aliphatic heterocycles. The van der Waals surface area contributed by atoms with Crippen molar-refractivity contribution in [2.24, 2.45) is 0 Å². The van der Waals surface area contributed by atoms with Crippen molar-refractivity contribution in [2.75, 3.05) is 19.6 Å². The molecule has 0 bridgehead atoms. The lowest BCUT2D eigenvalue weighted by Crippen LogP contribution is -2.48. The van der Waals surface area contributed by atoms with Crippen LogP contribution < -0.4 is 5.32 Å². The zero-order valence-electron chi connectivity index (χ0n) is 11.0. The van der Waals surface area contributed by atoms with Gasteiger partial charge in [0.15, 0.2) is 0 Å². The summed E-state index contributed by atoms with van der Waals surface area (Å²) in [6.45, 7) is 4.06.